The van der Waals surface area contributed by atoms with Crippen molar-refractivity contribution in [3.8, 4) is 11.5 Å². The van der Waals surface area contributed by atoms with Gasteiger partial charge in [0.25, 0.3) is 19.3 Å². The summed E-state index contributed by atoms with van der Waals surface area (Å²) in [4.78, 5) is 94.5. The molecule has 0 saturated carbocycles. The minimum atomic E-state index is -5.91. The van der Waals surface area contributed by atoms with Gasteiger partial charge in [0.05, 0.1) is 12.7 Å². The molecule has 1 saturated heterocycles. The Kier molecular flexibility index (Phi) is 19.2. The lowest BCUT2D eigenvalue weighted by atomic mass is 9.77. The van der Waals surface area contributed by atoms with Crippen LogP contribution in [0.5, 0.6) is 11.5 Å². The van der Waals surface area contributed by atoms with Crippen molar-refractivity contribution in [2.45, 2.75) is 154 Å². The summed E-state index contributed by atoms with van der Waals surface area (Å²) in [6.45, 7) is 19.8. The molecule has 0 radical (unpaired) electrons. The van der Waals surface area contributed by atoms with Crippen LogP contribution in [0.1, 0.15) is 157 Å². The summed E-state index contributed by atoms with van der Waals surface area (Å²) >= 11 is 0. The number of nitrogen functional groups attached to an aromatic ring is 1. The highest BCUT2D eigenvalue weighted by Gasteiger charge is 2.48. The molecule has 0 bridgehead atoms. The van der Waals surface area contributed by atoms with E-state index in [2.05, 4.69) is 128 Å². The van der Waals surface area contributed by atoms with Crippen LogP contribution in [-0.2, 0) is 36.4 Å². The van der Waals surface area contributed by atoms with Crippen LogP contribution >= 0.6 is 23.5 Å². The Morgan fingerprint density at radius 3 is 2.30 bits per heavy atom. The number of aromatic amines is 1. The summed E-state index contributed by atoms with van der Waals surface area (Å²) in [7, 11) is -15.7. The number of aliphatic hydroxyl groups excluding tert-OH is 2. The zero-order valence-electron chi connectivity index (χ0n) is 50.2. The molecule has 5 unspecified atom stereocenters. The number of amides is 2. The van der Waals surface area contributed by atoms with Crippen LogP contribution in [-0.4, -0.2) is 137 Å². The van der Waals surface area contributed by atoms with Gasteiger partial charge in [-0.15, -0.1) is 0 Å². The van der Waals surface area contributed by atoms with Crippen molar-refractivity contribution in [3.63, 3.8) is 0 Å². The normalized spacial score (nSPS) is 23.1. The molecule has 2 aromatic heterocycles. The van der Waals surface area contributed by atoms with Crippen LogP contribution in [0.15, 0.2) is 53.3 Å². The topological polar surface area (TPSA) is 379 Å². The average Bonchev–Trinajstić information content (AvgIpc) is 1.23. The van der Waals surface area contributed by atoms with Gasteiger partial charge in [-0.1, -0.05) is 44.9 Å². The predicted octanol–water partition coefficient (Wildman–Crippen LogP) is 4.94. The van der Waals surface area contributed by atoms with Crippen LogP contribution in [0.25, 0.3) is 16.7 Å². The second-order valence-electron chi connectivity index (χ2n) is 24.0. The number of carbonyl (C=O) groups is 2. The fraction of sp³-hybridized carbons (Fsp3) is 0.544. The van der Waals surface area contributed by atoms with Crippen molar-refractivity contribution >= 4 is 69.6 Å². The number of benzene rings is 3. The third kappa shape index (κ3) is 14.1. The fourth-order valence-electron chi connectivity index (χ4n) is 13.0. The quantitative estimate of drug-likeness (QED) is 0.0220. The van der Waals surface area contributed by atoms with E-state index < -0.39 is 60.2 Å². The highest BCUT2D eigenvalue weighted by molar-refractivity contribution is 7.66. The molecule has 1 fully saturated rings. The molecule has 30 heteroatoms. The molecule has 5 aromatic rings. The van der Waals surface area contributed by atoms with Gasteiger partial charge in [0.15, 0.2) is 22.9 Å². The fourth-order valence-corrected chi connectivity index (χ4v) is 16.0. The number of phosphoric ester groups is 1. The lowest BCUT2D eigenvalue weighted by molar-refractivity contribution is -0.212. The smallest absolute Gasteiger partial charge is 0.487 e. The van der Waals surface area contributed by atoms with Crippen LogP contribution in [0.3, 0.4) is 0 Å². The Morgan fingerprint density at radius 2 is 1.60 bits per heavy atom. The van der Waals surface area contributed by atoms with Gasteiger partial charge in [0, 0.05) is 90.8 Å². The number of hydrogen-bond acceptors (Lipinski definition) is 19. The van der Waals surface area contributed by atoms with E-state index in [-0.39, 0.29) is 70.8 Å². The molecule has 10 N–H and O–H groups in total. The molecule has 0 spiro atoms. The number of carbonyl (C=O) groups excluding carboxylic acids is 2. The summed E-state index contributed by atoms with van der Waals surface area (Å²) in [6.07, 6.45) is -1.73. The molecule has 87 heavy (non-hydrogen) atoms. The zero-order valence-corrected chi connectivity index (χ0v) is 52.9. The van der Waals surface area contributed by atoms with Gasteiger partial charge >= 0.3 is 15.6 Å². The van der Waals surface area contributed by atoms with Crippen molar-refractivity contribution in [1.29, 1.82) is 0 Å². The number of anilines is 3. The Morgan fingerprint density at radius 1 is 0.897 bits per heavy atom. The number of unbranched alkanes of at least 4 members (excludes halogenated alkanes) is 3. The summed E-state index contributed by atoms with van der Waals surface area (Å²) in [6, 6.07) is 16.8. The molecule has 9 atom stereocenters. The van der Waals surface area contributed by atoms with E-state index in [1.54, 1.807) is 11.9 Å². The van der Waals surface area contributed by atoms with E-state index >= 15 is 0 Å². The first-order valence-corrected chi connectivity index (χ1v) is 33.7. The molecule has 27 nitrogen and oxygen atoms in total. The maximum atomic E-state index is 14.7. The summed E-state index contributed by atoms with van der Waals surface area (Å²) in [5.74, 6) is 1.40. The van der Waals surface area contributed by atoms with Gasteiger partial charge < -0.3 is 65.4 Å². The SMILES string of the molecule is CCN1c2cc3c(cc2C(C)CC1(C)C)C(c1ccccc1C(=O)N(C)CCCC(=O)NCCCCCCNc1nc2c(=O)[nH]c(N)nc2n1[C@@H]1O[C@H](COP(=O)(O)OP(=O)(O)OP(=O)([O-])O)[C@@H](O)[C@H]1O)=c1cc2c(cc1O3)=[N+](CC)C(C)(C)CC2C. The molecule has 9 rings (SSSR count). The number of phosphoric acid groups is 3. The first-order chi connectivity index (χ1) is 40.8. The predicted molar refractivity (Wildman–Crippen MR) is 322 cm³/mol. The number of nitrogens with zero attached hydrogens (tertiary/aromatic N) is 6. The first-order valence-electron chi connectivity index (χ1n) is 29.2. The minimum Gasteiger partial charge on any atom is -0.756 e. The van der Waals surface area contributed by atoms with E-state index in [0.29, 0.717) is 50.8 Å². The van der Waals surface area contributed by atoms with Gasteiger partial charge in [-0.05, 0) is 108 Å². The standard InChI is InChI=1S/C57H79N10O17P3/c1-10-65-40-27-42-38(25-36(40)32(3)29-56(65,5)6)46(39-26-37-33(4)30-57(7,8)66(11-2)41(37)28-43(39)81-42)34-19-14-15-20-35(34)52(72)64(9)24-18-21-45(68)59-22-16-12-13-17-23-60-55-61-47-50(62-54(58)63-51(47)71)67(55)53-49(70)48(69)44(82-53)31-80-86(76,77)84-87(78,79)83-85(73,74)75/h14-15,19-20,25-28,32-33,44,48-49,53,69-70H,10-13,16-18,21-24,29-31H2,1-9H3,(H8,58,59,63,68,71,72,73,74,75,76,77,78,79)/t32?,33?,44-,48-,49-,53-/m1/s1. The number of nitrogens with one attached hydrogen (secondary N) is 3. The minimum absolute atomic E-state index is 0.0492. The molecule has 4 aliphatic rings. The van der Waals surface area contributed by atoms with Gasteiger partial charge in [-0.25, -0.2) is 23.0 Å². The number of rotatable bonds is 24. The molecular formula is C57H79N10O17P3. The number of fused-ring (bicyclic) bond motifs is 5. The Hall–Kier alpha value is -5.89. The number of nitrogens with two attached hydrogens (primary N) is 1. The number of aromatic nitrogens is 4. The van der Waals surface area contributed by atoms with Crippen molar-refractivity contribution in [1.82, 2.24) is 34.3 Å². The number of H-pyrrole nitrogens is 1. The third-order valence-corrected chi connectivity index (χ3v) is 20.5. The molecule has 2 amide bonds. The van der Waals surface area contributed by atoms with Gasteiger partial charge in [-0.2, -0.15) is 9.29 Å². The lowest BCUT2D eigenvalue weighted by Gasteiger charge is -2.47. The highest BCUT2D eigenvalue weighted by atomic mass is 31.3. The van der Waals surface area contributed by atoms with Crippen LogP contribution < -0.4 is 51.6 Å². The number of hydrogen-bond donors (Lipinski definition) is 9. The van der Waals surface area contributed by atoms with Crippen molar-refractivity contribution in [2.24, 2.45) is 0 Å². The Balaban J connectivity index is 0.805. The molecule has 474 valence electrons. The maximum Gasteiger partial charge on any atom is 0.487 e. The molecule has 3 aromatic carbocycles. The van der Waals surface area contributed by atoms with Crippen molar-refractivity contribution < 1.29 is 75.7 Å². The Bertz CT molecular complexity index is 3810. The summed E-state index contributed by atoms with van der Waals surface area (Å²) < 4.78 is 63.2. The second kappa shape index (κ2) is 25.5. The molecule has 0 aliphatic carbocycles. The van der Waals surface area contributed by atoms with Crippen LogP contribution in [0.2, 0.25) is 0 Å². The monoisotopic (exact) mass is 1270 g/mol. The van der Waals surface area contributed by atoms with E-state index in [4.69, 9.17) is 20.1 Å². The van der Waals surface area contributed by atoms with Crippen molar-refractivity contribution in [2.75, 3.05) is 62.3 Å². The van der Waals surface area contributed by atoms with E-state index in [1.807, 2.05) is 24.3 Å². The van der Waals surface area contributed by atoms with Gasteiger partial charge in [0.1, 0.15) is 36.4 Å². The average molecular weight is 1270 g/mol. The van der Waals surface area contributed by atoms with E-state index in [0.717, 1.165) is 63.9 Å². The number of imidazole rings is 1. The van der Waals surface area contributed by atoms with E-state index in [9.17, 15) is 53.0 Å². The second-order valence-corrected chi connectivity index (χ2v) is 28.4. The molecular weight excluding hydrogens is 1190 g/mol. The van der Waals surface area contributed by atoms with E-state index in [1.165, 1.54) is 22.2 Å². The van der Waals surface area contributed by atoms with Crippen molar-refractivity contribution in [3.05, 3.63) is 97.3 Å². The molecule has 6 heterocycles. The van der Waals surface area contributed by atoms with Crippen LogP contribution in [0, 0.1) is 0 Å². The largest absolute Gasteiger partial charge is 0.756 e. The molecule has 4 aliphatic heterocycles. The zero-order chi connectivity index (χ0) is 63.3. The first kappa shape index (κ1) is 65.6. The van der Waals surface area contributed by atoms with Crippen LogP contribution in [0.4, 0.5) is 17.6 Å². The Labute approximate surface area is 503 Å². The van der Waals surface area contributed by atoms with Gasteiger partial charge in [0.2, 0.25) is 23.2 Å². The third-order valence-electron chi connectivity index (χ3n) is 16.7. The summed E-state index contributed by atoms with van der Waals surface area (Å²) in [5.41, 5.74) is 11.5. The maximum absolute atomic E-state index is 14.7. The number of ether oxygens (including phenoxy) is 2. The lowest BCUT2D eigenvalue weighted by Crippen LogP contribution is -2.52. The van der Waals surface area contributed by atoms with Gasteiger partial charge in [-0.3, -0.25) is 33.0 Å². The summed E-state index contributed by atoms with van der Waals surface area (Å²) in [5, 5.41) is 30.1. The number of aliphatic hydroxyl groups is 2. The highest BCUT2D eigenvalue weighted by Crippen LogP contribution is 2.65.